The Bertz CT molecular complexity index is 659. The highest BCUT2D eigenvalue weighted by molar-refractivity contribution is 5.90. The third-order valence-electron chi connectivity index (χ3n) is 3.56. The summed E-state index contributed by atoms with van der Waals surface area (Å²) in [5, 5.41) is 14.6. The molecule has 7 heteroatoms. The maximum atomic E-state index is 11.9. The second-order valence-corrected chi connectivity index (χ2v) is 5.61. The summed E-state index contributed by atoms with van der Waals surface area (Å²) in [4.78, 5) is 16.2. The average molecular weight is 359 g/mol. The largest absolute Gasteiger partial charge is 0.497 e. The Morgan fingerprint density at radius 3 is 2.54 bits per heavy atom. The molecule has 0 saturated carbocycles. The molecule has 2 rings (SSSR count). The number of pyridine rings is 1. The fraction of sp³-hybridized carbons (Fsp3) is 0.368. The SMILES string of the molecule is COc1ccc(OCCCC(=O)Nc2ccc(NCCCO)nc2)cc1. The van der Waals surface area contributed by atoms with Gasteiger partial charge in [0.25, 0.3) is 0 Å². The molecular weight excluding hydrogens is 334 g/mol. The zero-order valence-corrected chi connectivity index (χ0v) is 14.9. The summed E-state index contributed by atoms with van der Waals surface area (Å²) in [5.41, 5.74) is 0.652. The molecule has 0 bridgehead atoms. The molecule has 0 radical (unpaired) electrons. The predicted molar refractivity (Wildman–Crippen MR) is 101 cm³/mol. The summed E-state index contributed by atoms with van der Waals surface area (Å²) < 4.78 is 10.7. The third kappa shape index (κ3) is 6.98. The first kappa shape index (κ1) is 19.5. The van der Waals surface area contributed by atoms with Crippen LogP contribution in [0.3, 0.4) is 0 Å². The van der Waals surface area contributed by atoms with E-state index >= 15 is 0 Å². The van der Waals surface area contributed by atoms with Gasteiger partial charge in [-0.05, 0) is 49.2 Å². The molecule has 3 N–H and O–H groups in total. The molecule has 0 aliphatic carbocycles. The molecule has 7 nitrogen and oxygen atoms in total. The van der Waals surface area contributed by atoms with Crippen LogP contribution in [0.1, 0.15) is 19.3 Å². The van der Waals surface area contributed by atoms with Crippen LogP contribution in [-0.2, 0) is 4.79 Å². The maximum absolute atomic E-state index is 11.9. The zero-order chi connectivity index (χ0) is 18.6. The Kier molecular flexibility index (Phi) is 8.21. The van der Waals surface area contributed by atoms with Crippen LogP contribution >= 0.6 is 0 Å². The van der Waals surface area contributed by atoms with E-state index in [1.54, 1.807) is 25.4 Å². The Morgan fingerprint density at radius 2 is 1.88 bits per heavy atom. The number of aromatic nitrogens is 1. The Morgan fingerprint density at radius 1 is 1.12 bits per heavy atom. The van der Waals surface area contributed by atoms with Gasteiger partial charge < -0.3 is 25.2 Å². The lowest BCUT2D eigenvalue weighted by Gasteiger charge is -2.08. The number of benzene rings is 1. The molecule has 0 atom stereocenters. The summed E-state index contributed by atoms with van der Waals surface area (Å²) >= 11 is 0. The number of carbonyl (C=O) groups excluding carboxylic acids is 1. The third-order valence-corrected chi connectivity index (χ3v) is 3.56. The molecule has 0 unspecified atom stereocenters. The van der Waals surface area contributed by atoms with Gasteiger partial charge in [-0.15, -0.1) is 0 Å². The van der Waals surface area contributed by atoms with Gasteiger partial charge in [0.15, 0.2) is 0 Å². The minimum absolute atomic E-state index is 0.0777. The molecule has 0 saturated heterocycles. The molecule has 0 fully saturated rings. The van der Waals surface area contributed by atoms with Crippen LogP contribution in [-0.4, -0.2) is 42.9 Å². The smallest absolute Gasteiger partial charge is 0.224 e. The number of aliphatic hydroxyl groups is 1. The summed E-state index contributed by atoms with van der Waals surface area (Å²) in [6.07, 6.45) is 3.25. The van der Waals surface area contributed by atoms with Crippen molar-refractivity contribution in [3.05, 3.63) is 42.6 Å². The van der Waals surface area contributed by atoms with Crippen molar-refractivity contribution in [2.75, 3.05) is 37.5 Å². The van der Waals surface area contributed by atoms with E-state index in [1.807, 2.05) is 24.3 Å². The number of methoxy groups -OCH3 is 1. The van der Waals surface area contributed by atoms with Crippen molar-refractivity contribution in [1.29, 1.82) is 0 Å². The van der Waals surface area contributed by atoms with Crippen LogP contribution in [0.4, 0.5) is 11.5 Å². The van der Waals surface area contributed by atoms with Crippen molar-refractivity contribution < 1.29 is 19.4 Å². The Balaban J connectivity index is 1.64. The summed E-state index contributed by atoms with van der Waals surface area (Å²) in [6.45, 7) is 1.26. The molecule has 2 aromatic rings. The van der Waals surface area contributed by atoms with Crippen molar-refractivity contribution >= 4 is 17.4 Å². The highest BCUT2D eigenvalue weighted by atomic mass is 16.5. The quantitative estimate of drug-likeness (QED) is 0.534. The molecule has 140 valence electrons. The van der Waals surface area contributed by atoms with Crippen LogP contribution in [0.5, 0.6) is 11.5 Å². The van der Waals surface area contributed by atoms with E-state index in [9.17, 15) is 4.79 Å². The van der Waals surface area contributed by atoms with Gasteiger partial charge in [0.05, 0.1) is 25.6 Å². The van der Waals surface area contributed by atoms with Gasteiger partial charge in [-0.3, -0.25) is 4.79 Å². The van der Waals surface area contributed by atoms with Gasteiger partial charge in [0, 0.05) is 19.6 Å². The number of nitrogens with zero attached hydrogens (tertiary/aromatic N) is 1. The first-order chi connectivity index (χ1) is 12.7. The monoisotopic (exact) mass is 359 g/mol. The van der Waals surface area contributed by atoms with Gasteiger partial charge >= 0.3 is 0 Å². The van der Waals surface area contributed by atoms with Crippen LogP contribution in [0.15, 0.2) is 42.6 Å². The van der Waals surface area contributed by atoms with Crippen LogP contribution < -0.4 is 20.1 Å². The van der Waals surface area contributed by atoms with E-state index in [4.69, 9.17) is 14.6 Å². The van der Waals surface area contributed by atoms with Crippen molar-refractivity contribution in [3.8, 4) is 11.5 Å². The molecule has 1 heterocycles. The lowest BCUT2D eigenvalue weighted by atomic mass is 10.3. The fourth-order valence-electron chi connectivity index (χ4n) is 2.19. The second-order valence-electron chi connectivity index (χ2n) is 5.61. The minimum atomic E-state index is -0.0777. The molecule has 0 spiro atoms. The molecule has 26 heavy (non-hydrogen) atoms. The van der Waals surface area contributed by atoms with E-state index in [2.05, 4.69) is 15.6 Å². The van der Waals surface area contributed by atoms with Crippen molar-refractivity contribution in [3.63, 3.8) is 0 Å². The highest BCUT2D eigenvalue weighted by Gasteiger charge is 2.04. The van der Waals surface area contributed by atoms with Gasteiger partial charge in [0.1, 0.15) is 17.3 Å². The summed E-state index contributed by atoms with van der Waals surface area (Å²) in [7, 11) is 1.62. The first-order valence-electron chi connectivity index (χ1n) is 8.59. The minimum Gasteiger partial charge on any atom is -0.497 e. The van der Waals surface area contributed by atoms with Gasteiger partial charge in [0.2, 0.25) is 5.91 Å². The van der Waals surface area contributed by atoms with E-state index in [1.165, 1.54) is 0 Å². The van der Waals surface area contributed by atoms with Crippen LogP contribution in [0.25, 0.3) is 0 Å². The van der Waals surface area contributed by atoms with E-state index in [0.717, 1.165) is 11.5 Å². The number of hydrogen-bond donors (Lipinski definition) is 3. The van der Waals surface area contributed by atoms with E-state index in [0.29, 0.717) is 43.9 Å². The Hall–Kier alpha value is -2.80. The van der Waals surface area contributed by atoms with Crippen LogP contribution in [0, 0.1) is 0 Å². The lowest BCUT2D eigenvalue weighted by Crippen LogP contribution is -2.13. The fourth-order valence-corrected chi connectivity index (χ4v) is 2.19. The van der Waals surface area contributed by atoms with Crippen molar-refractivity contribution in [1.82, 2.24) is 4.98 Å². The molecule has 1 aromatic heterocycles. The number of amides is 1. The van der Waals surface area contributed by atoms with Crippen LogP contribution in [0.2, 0.25) is 0 Å². The lowest BCUT2D eigenvalue weighted by molar-refractivity contribution is -0.116. The second kappa shape index (κ2) is 10.9. The normalized spacial score (nSPS) is 10.2. The molecule has 1 amide bonds. The van der Waals surface area contributed by atoms with Crippen molar-refractivity contribution in [2.45, 2.75) is 19.3 Å². The van der Waals surface area contributed by atoms with Gasteiger partial charge in [-0.2, -0.15) is 0 Å². The topological polar surface area (TPSA) is 92.7 Å². The zero-order valence-electron chi connectivity index (χ0n) is 14.9. The summed E-state index contributed by atoms with van der Waals surface area (Å²) in [5.74, 6) is 2.16. The molecular formula is C19H25N3O4. The predicted octanol–water partition coefficient (Wildman–Crippen LogP) is 2.68. The average Bonchev–Trinajstić information content (AvgIpc) is 2.67. The molecule has 1 aromatic carbocycles. The Labute approximate surface area is 153 Å². The number of ether oxygens (including phenoxy) is 2. The molecule has 0 aliphatic rings. The first-order valence-corrected chi connectivity index (χ1v) is 8.59. The maximum Gasteiger partial charge on any atom is 0.224 e. The number of rotatable bonds is 11. The van der Waals surface area contributed by atoms with Gasteiger partial charge in [-0.1, -0.05) is 0 Å². The van der Waals surface area contributed by atoms with E-state index in [-0.39, 0.29) is 12.5 Å². The standard InChI is InChI=1S/C19H25N3O4/c1-25-16-6-8-17(9-7-16)26-13-2-4-19(24)22-15-5-10-18(21-14-15)20-11-3-12-23/h5-10,14,23H,2-4,11-13H2,1H3,(H,20,21)(H,22,24). The highest BCUT2D eigenvalue weighted by Crippen LogP contribution is 2.17. The number of anilines is 2. The van der Waals surface area contributed by atoms with E-state index < -0.39 is 0 Å². The molecule has 0 aliphatic heterocycles. The number of carbonyl (C=O) groups is 1. The number of nitrogens with one attached hydrogen (secondary N) is 2. The van der Waals surface area contributed by atoms with Gasteiger partial charge in [-0.25, -0.2) is 4.98 Å². The summed E-state index contributed by atoms with van der Waals surface area (Å²) in [6, 6.07) is 10.9. The number of hydrogen-bond acceptors (Lipinski definition) is 6. The number of aliphatic hydroxyl groups excluding tert-OH is 1. The van der Waals surface area contributed by atoms with Crippen molar-refractivity contribution in [2.24, 2.45) is 0 Å².